The van der Waals surface area contributed by atoms with Gasteiger partial charge in [-0.1, -0.05) is 20.8 Å². The average Bonchev–Trinajstić information content (AvgIpc) is 2.29. The Morgan fingerprint density at radius 2 is 2.00 bits per heavy atom. The quantitative estimate of drug-likeness (QED) is 0.684. The van der Waals surface area contributed by atoms with E-state index in [2.05, 4.69) is 5.32 Å². The van der Waals surface area contributed by atoms with Gasteiger partial charge in [0.1, 0.15) is 5.60 Å². The van der Waals surface area contributed by atoms with Crippen molar-refractivity contribution in [3.63, 3.8) is 0 Å². The molecule has 0 saturated heterocycles. The number of hydrogen-bond acceptors (Lipinski definition) is 4. The van der Waals surface area contributed by atoms with Crippen molar-refractivity contribution in [1.82, 2.24) is 5.32 Å². The lowest BCUT2D eigenvalue weighted by atomic mass is 9.61. The SMILES string of the molecule is CC1(CNC(=O)OC(C)(C)C)C/C(=C/O)C(O)C(C)(C)C1. The minimum absolute atomic E-state index is 0.228. The van der Waals surface area contributed by atoms with Crippen LogP contribution in [-0.4, -0.2) is 34.6 Å². The van der Waals surface area contributed by atoms with Gasteiger partial charge in [0.05, 0.1) is 12.4 Å². The summed E-state index contributed by atoms with van der Waals surface area (Å²) in [7, 11) is 0. The van der Waals surface area contributed by atoms with E-state index in [9.17, 15) is 15.0 Å². The van der Waals surface area contributed by atoms with E-state index in [1.807, 2.05) is 41.5 Å². The fraction of sp³-hybridized carbons (Fsp3) is 0.812. The summed E-state index contributed by atoms with van der Waals surface area (Å²) in [5.41, 5.74) is -0.492. The molecule has 2 atom stereocenters. The largest absolute Gasteiger partial charge is 0.516 e. The zero-order valence-corrected chi connectivity index (χ0v) is 14.0. The van der Waals surface area contributed by atoms with Crippen molar-refractivity contribution in [2.45, 2.75) is 66.1 Å². The highest BCUT2D eigenvalue weighted by molar-refractivity contribution is 5.67. The number of aliphatic hydroxyl groups excluding tert-OH is 2. The first-order valence-electron chi connectivity index (χ1n) is 7.37. The summed E-state index contributed by atoms with van der Waals surface area (Å²) in [6.45, 7) is 11.9. The number of hydrogen-bond donors (Lipinski definition) is 3. The molecule has 0 spiro atoms. The van der Waals surface area contributed by atoms with Crippen molar-refractivity contribution in [1.29, 1.82) is 0 Å². The second kappa shape index (κ2) is 5.87. The summed E-state index contributed by atoms with van der Waals surface area (Å²) in [6, 6.07) is 0. The van der Waals surface area contributed by atoms with Crippen LogP contribution in [0.25, 0.3) is 0 Å². The first kappa shape index (κ1) is 17.8. The van der Waals surface area contributed by atoms with E-state index in [1.54, 1.807) is 0 Å². The maximum Gasteiger partial charge on any atom is 0.407 e. The van der Waals surface area contributed by atoms with Gasteiger partial charge in [0, 0.05) is 6.54 Å². The molecule has 1 aliphatic rings. The smallest absolute Gasteiger partial charge is 0.407 e. The number of nitrogens with one attached hydrogen (secondary N) is 1. The molecule has 0 aliphatic heterocycles. The maximum atomic E-state index is 11.8. The van der Waals surface area contributed by atoms with E-state index >= 15 is 0 Å². The molecule has 0 bridgehead atoms. The number of rotatable bonds is 2. The number of aliphatic hydroxyl groups is 2. The Bertz CT molecular complexity index is 422. The molecule has 1 rings (SSSR count). The van der Waals surface area contributed by atoms with E-state index in [4.69, 9.17) is 4.74 Å². The second-order valence-corrected chi connectivity index (χ2v) is 8.11. The Labute approximate surface area is 127 Å². The lowest BCUT2D eigenvalue weighted by molar-refractivity contribution is -0.00100. The molecule has 3 N–H and O–H groups in total. The average molecular weight is 299 g/mol. The van der Waals surface area contributed by atoms with Gasteiger partial charge >= 0.3 is 6.09 Å². The minimum atomic E-state index is -0.655. The number of alkyl carbamates (subject to hydrolysis) is 1. The fourth-order valence-electron chi connectivity index (χ4n) is 3.19. The minimum Gasteiger partial charge on any atom is -0.516 e. The van der Waals surface area contributed by atoms with Crippen LogP contribution in [0.15, 0.2) is 11.8 Å². The van der Waals surface area contributed by atoms with Crippen molar-refractivity contribution in [3.05, 3.63) is 11.8 Å². The number of amides is 1. The Morgan fingerprint density at radius 3 is 2.48 bits per heavy atom. The van der Waals surface area contributed by atoms with E-state index in [-0.39, 0.29) is 10.8 Å². The molecule has 122 valence electrons. The molecule has 2 unspecified atom stereocenters. The molecule has 0 aromatic rings. The van der Waals surface area contributed by atoms with Crippen LogP contribution >= 0.6 is 0 Å². The highest BCUT2D eigenvalue weighted by atomic mass is 16.6. The summed E-state index contributed by atoms with van der Waals surface area (Å²) in [5, 5.41) is 22.3. The molecule has 0 aromatic heterocycles. The topological polar surface area (TPSA) is 78.8 Å². The van der Waals surface area contributed by atoms with Crippen molar-refractivity contribution < 1.29 is 19.7 Å². The molecule has 1 fully saturated rings. The van der Waals surface area contributed by atoms with E-state index < -0.39 is 17.8 Å². The van der Waals surface area contributed by atoms with Gasteiger partial charge in [-0.25, -0.2) is 4.79 Å². The second-order valence-electron chi connectivity index (χ2n) is 8.11. The van der Waals surface area contributed by atoms with Crippen molar-refractivity contribution >= 4 is 6.09 Å². The van der Waals surface area contributed by atoms with Gasteiger partial charge in [0.25, 0.3) is 0 Å². The maximum absolute atomic E-state index is 11.8. The standard InChI is InChI=1S/C16H29NO4/c1-14(2,3)21-13(20)17-10-16(6)7-11(8-18)12(19)15(4,5)9-16/h8,12,18-19H,7,9-10H2,1-6H3,(H,17,20)/b11-8-. The molecule has 21 heavy (non-hydrogen) atoms. The summed E-state index contributed by atoms with van der Waals surface area (Å²) >= 11 is 0. The van der Waals surface area contributed by atoms with Crippen LogP contribution in [-0.2, 0) is 4.74 Å². The van der Waals surface area contributed by atoms with Crippen LogP contribution in [0.3, 0.4) is 0 Å². The summed E-state index contributed by atoms with van der Waals surface area (Å²) in [6.07, 6.45) is 1.19. The summed E-state index contributed by atoms with van der Waals surface area (Å²) in [5.74, 6) is 0. The molecule has 0 aromatic carbocycles. The Kier molecular flexibility index (Phi) is 4.98. The van der Waals surface area contributed by atoms with Crippen molar-refractivity contribution in [2.24, 2.45) is 10.8 Å². The summed E-state index contributed by atoms with van der Waals surface area (Å²) in [4.78, 5) is 11.8. The Morgan fingerprint density at radius 1 is 1.43 bits per heavy atom. The normalized spacial score (nSPS) is 31.0. The van der Waals surface area contributed by atoms with Gasteiger partial charge < -0.3 is 20.3 Å². The fourth-order valence-corrected chi connectivity index (χ4v) is 3.19. The third-order valence-electron chi connectivity index (χ3n) is 3.83. The third-order valence-corrected chi connectivity index (χ3v) is 3.83. The first-order chi connectivity index (χ1) is 9.38. The lowest BCUT2D eigenvalue weighted by Crippen LogP contribution is -2.48. The van der Waals surface area contributed by atoms with Crippen LogP contribution < -0.4 is 5.32 Å². The molecule has 1 aliphatic carbocycles. The highest BCUT2D eigenvalue weighted by Crippen LogP contribution is 2.48. The van der Waals surface area contributed by atoms with Gasteiger partial charge in [-0.15, -0.1) is 0 Å². The monoisotopic (exact) mass is 299 g/mol. The van der Waals surface area contributed by atoms with Crippen LogP contribution in [0.4, 0.5) is 4.79 Å². The van der Waals surface area contributed by atoms with Crippen LogP contribution in [0.2, 0.25) is 0 Å². The van der Waals surface area contributed by atoms with Crippen LogP contribution in [0.1, 0.15) is 54.4 Å². The Balaban J connectivity index is 2.71. The third kappa shape index (κ3) is 4.92. The van der Waals surface area contributed by atoms with Gasteiger partial charge in [0.15, 0.2) is 0 Å². The zero-order valence-electron chi connectivity index (χ0n) is 14.0. The predicted octanol–water partition coefficient (Wildman–Crippen LogP) is 3.14. The van der Waals surface area contributed by atoms with Crippen molar-refractivity contribution in [2.75, 3.05) is 6.54 Å². The Hall–Kier alpha value is -1.23. The molecule has 0 heterocycles. The first-order valence-corrected chi connectivity index (χ1v) is 7.37. The van der Waals surface area contributed by atoms with Gasteiger partial charge in [0.2, 0.25) is 0 Å². The molecule has 1 saturated carbocycles. The summed E-state index contributed by atoms with van der Waals surface area (Å²) < 4.78 is 5.24. The number of carbonyl (C=O) groups excluding carboxylic acids is 1. The predicted molar refractivity (Wildman–Crippen MR) is 82.1 cm³/mol. The van der Waals surface area contributed by atoms with E-state index in [0.29, 0.717) is 18.5 Å². The number of ether oxygens (including phenoxy) is 1. The molecule has 5 nitrogen and oxygen atoms in total. The van der Waals surface area contributed by atoms with Gasteiger partial charge in [-0.3, -0.25) is 0 Å². The molecule has 0 radical (unpaired) electrons. The molecular weight excluding hydrogens is 270 g/mol. The van der Waals surface area contributed by atoms with Crippen LogP contribution in [0, 0.1) is 10.8 Å². The van der Waals surface area contributed by atoms with Gasteiger partial charge in [-0.2, -0.15) is 0 Å². The highest BCUT2D eigenvalue weighted by Gasteiger charge is 2.45. The lowest BCUT2D eigenvalue weighted by Gasteiger charge is -2.47. The zero-order chi connectivity index (χ0) is 16.5. The number of carbonyl (C=O) groups is 1. The molecule has 5 heteroatoms. The van der Waals surface area contributed by atoms with Gasteiger partial charge in [-0.05, 0) is 50.0 Å². The van der Waals surface area contributed by atoms with Crippen LogP contribution in [0.5, 0.6) is 0 Å². The van der Waals surface area contributed by atoms with E-state index in [1.165, 1.54) is 0 Å². The molecule has 1 amide bonds. The van der Waals surface area contributed by atoms with Crippen molar-refractivity contribution in [3.8, 4) is 0 Å². The van der Waals surface area contributed by atoms with E-state index in [0.717, 1.165) is 12.7 Å². The molecular formula is C16H29NO4.